The molecule has 0 rings (SSSR count). The minimum absolute atomic E-state index is 0.198. The molecule has 1 unspecified atom stereocenters. The molecular weight excluding hydrogens is 242 g/mol. The Morgan fingerprint density at radius 3 is 1.89 bits per heavy atom. The summed E-state index contributed by atoms with van der Waals surface area (Å²) in [4.78, 5) is 0. The van der Waals surface area contributed by atoms with Crippen LogP contribution in [0.3, 0.4) is 0 Å². The Bertz CT molecular complexity index is 188. The van der Waals surface area contributed by atoms with Gasteiger partial charge in [0.25, 0.3) is 5.97 Å². The topological polar surface area (TPSA) is 39.7 Å². The largest absolute Gasteiger partial charge is 0.331 e. The van der Waals surface area contributed by atoms with Crippen molar-refractivity contribution in [2.24, 2.45) is 5.92 Å². The summed E-state index contributed by atoms with van der Waals surface area (Å²) in [6, 6.07) is 0. The molecule has 0 saturated carbocycles. The second-order valence-corrected chi connectivity index (χ2v) is 5.03. The van der Waals surface area contributed by atoms with Crippen molar-refractivity contribution in [3.8, 4) is 0 Å². The molecule has 1 atom stereocenters. The van der Waals surface area contributed by atoms with Gasteiger partial charge in [0.1, 0.15) is 0 Å². The third-order valence-electron chi connectivity index (χ3n) is 3.71. The second kappa shape index (κ2) is 11.6. The Morgan fingerprint density at radius 2 is 1.42 bits per heavy atom. The molecule has 0 saturated heterocycles. The molecule has 0 heterocycles. The predicted octanol–water partition coefficient (Wildman–Crippen LogP) is 3.17. The molecule has 4 heteroatoms. The van der Waals surface area contributed by atoms with Gasteiger partial charge in [0.05, 0.1) is 5.92 Å². The van der Waals surface area contributed by atoms with Gasteiger partial charge >= 0.3 is 0 Å². The number of hydrogen-bond acceptors (Lipinski definition) is 4. The lowest BCUT2D eigenvalue weighted by atomic mass is 9.97. The van der Waals surface area contributed by atoms with Gasteiger partial charge in [-0.3, -0.25) is 0 Å². The van der Waals surface area contributed by atoms with Gasteiger partial charge < -0.3 is 19.5 Å². The molecular formula is C15H33NO3. The van der Waals surface area contributed by atoms with E-state index in [9.17, 15) is 0 Å². The minimum Gasteiger partial charge on any atom is -0.331 e. The minimum atomic E-state index is -0.924. The van der Waals surface area contributed by atoms with E-state index in [0.29, 0.717) is 0 Å². The van der Waals surface area contributed by atoms with Crippen molar-refractivity contribution in [1.82, 2.24) is 5.32 Å². The molecule has 0 radical (unpaired) electrons. The Balaban J connectivity index is 4.16. The summed E-state index contributed by atoms with van der Waals surface area (Å²) in [5.74, 6) is -0.726. The van der Waals surface area contributed by atoms with Crippen LogP contribution in [0.25, 0.3) is 0 Å². The monoisotopic (exact) mass is 275 g/mol. The van der Waals surface area contributed by atoms with E-state index in [1.807, 2.05) is 7.05 Å². The predicted molar refractivity (Wildman–Crippen MR) is 79.2 cm³/mol. The van der Waals surface area contributed by atoms with Gasteiger partial charge in [-0.15, -0.1) is 0 Å². The first-order valence-corrected chi connectivity index (χ1v) is 7.50. The van der Waals surface area contributed by atoms with Crippen molar-refractivity contribution < 1.29 is 14.2 Å². The number of rotatable bonds is 13. The van der Waals surface area contributed by atoms with Crippen LogP contribution in [-0.2, 0) is 14.2 Å². The highest BCUT2D eigenvalue weighted by Gasteiger charge is 2.39. The Hall–Kier alpha value is -0.160. The van der Waals surface area contributed by atoms with E-state index in [1.165, 1.54) is 38.5 Å². The summed E-state index contributed by atoms with van der Waals surface area (Å²) in [5, 5.41) is 3.20. The third-order valence-corrected chi connectivity index (χ3v) is 3.71. The molecule has 0 aromatic rings. The summed E-state index contributed by atoms with van der Waals surface area (Å²) in [6.45, 7) is 3.07. The van der Waals surface area contributed by atoms with E-state index in [-0.39, 0.29) is 5.92 Å². The molecule has 0 aromatic heterocycles. The summed E-state index contributed by atoms with van der Waals surface area (Å²) < 4.78 is 16.4. The molecule has 0 aliphatic carbocycles. The maximum Gasteiger partial charge on any atom is 0.286 e. The molecule has 19 heavy (non-hydrogen) atoms. The average molecular weight is 275 g/mol. The Labute approximate surface area is 119 Å². The van der Waals surface area contributed by atoms with Gasteiger partial charge in [-0.1, -0.05) is 45.4 Å². The number of methoxy groups -OCH3 is 3. The molecule has 0 aromatic carbocycles. The molecule has 4 nitrogen and oxygen atoms in total. The van der Waals surface area contributed by atoms with Gasteiger partial charge in [-0.05, 0) is 13.5 Å². The van der Waals surface area contributed by atoms with Gasteiger partial charge in [-0.25, -0.2) is 0 Å². The SMILES string of the molecule is CCCCCCCCC(CNC)C(OC)(OC)OC. The Morgan fingerprint density at radius 1 is 0.895 bits per heavy atom. The summed E-state index contributed by atoms with van der Waals surface area (Å²) in [6.07, 6.45) is 8.81. The molecule has 0 spiro atoms. The van der Waals surface area contributed by atoms with Crippen molar-refractivity contribution in [3.63, 3.8) is 0 Å². The van der Waals surface area contributed by atoms with Crippen LogP contribution in [0.1, 0.15) is 51.9 Å². The van der Waals surface area contributed by atoms with Gasteiger partial charge in [0.2, 0.25) is 0 Å². The highest BCUT2D eigenvalue weighted by Crippen LogP contribution is 2.28. The van der Waals surface area contributed by atoms with Crippen molar-refractivity contribution in [2.45, 2.75) is 57.8 Å². The lowest BCUT2D eigenvalue weighted by Crippen LogP contribution is -2.47. The van der Waals surface area contributed by atoms with E-state index in [4.69, 9.17) is 14.2 Å². The van der Waals surface area contributed by atoms with E-state index in [2.05, 4.69) is 12.2 Å². The van der Waals surface area contributed by atoms with Gasteiger partial charge in [0.15, 0.2) is 0 Å². The standard InChI is InChI=1S/C15H33NO3/c1-6-7-8-9-10-11-12-14(13-16-2)15(17-3,18-4)19-5/h14,16H,6-13H2,1-5H3. The average Bonchev–Trinajstić information content (AvgIpc) is 2.45. The molecule has 1 N–H and O–H groups in total. The van der Waals surface area contributed by atoms with Crippen LogP contribution in [0, 0.1) is 5.92 Å². The van der Waals surface area contributed by atoms with Gasteiger partial charge in [-0.2, -0.15) is 0 Å². The summed E-state index contributed by atoms with van der Waals surface area (Å²) in [7, 11) is 6.85. The number of nitrogens with one attached hydrogen (secondary N) is 1. The fraction of sp³-hybridized carbons (Fsp3) is 1.00. The normalized spacial score (nSPS) is 13.7. The molecule has 0 aliphatic heterocycles. The molecule has 0 fully saturated rings. The van der Waals surface area contributed by atoms with Gasteiger partial charge in [0, 0.05) is 27.9 Å². The van der Waals surface area contributed by atoms with Crippen LogP contribution in [0.4, 0.5) is 0 Å². The molecule has 116 valence electrons. The number of unbranched alkanes of at least 4 members (excludes halogenated alkanes) is 5. The molecule has 0 bridgehead atoms. The maximum atomic E-state index is 5.46. The highest BCUT2D eigenvalue weighted by molar-refractivity contribution is 4.73. The maximum absolute atomic E-state index is 5.46. The first-order valence-electron chi connectivity index (χ1n) is 7.50. The van der Waals surface area contributed by atoms with Crippen LogP contribution >= 0.6 is 0 Å². The van der Waals surface area contributed by atoms with E-state index >= 15 is 0 Å². The zero-order valence-electron chi connectivity index (χ0n) is 13.5. The number of ether oxygens (including phenoxy) is 3. The summed E-state index contributed by atoms with van der Waals surface area (Å²) >= 11 is 0. The molecule has 0 amide bonds. The van der Waals surface area contributed by atoms with Crippen molar-refractivity contribution in [1.29, 1.82) is 0 Å². The smallest absolute Gasteiger partial charge is 0.286 e. The van der Waals surface area contributed by atoms with Crippen LogP contribution in [0.15, 0.2) is 0 Å². The lowest BCUT2D eigenvalue weighted by molar-refractivity contribution is -0.378. The Kier molecular flexibility index (Phi) is 11.6. The number of hydrogen-bond donors (Lipinski definition) is 1. The zero-order chi connectivity index (χ0) is 14.6. The van der Waals surface area contributed by atoms with E-state index in [0.717, 1.165) is 13.0 Å². The summed E-state index contributed by atoms with van der Waals surface area (Å²) in [5.41, 5.74) is 0. The molecule has 0 aliphatic rings. The first kappa shape index (κ1) is 18.8. The van der Waals surface area contributed by atoms with Crippen LogP contribution in [0.2, 0.25) is 0 Å². The fourth-order valence-electron chi connectivity index (χ4n) is 2.57. The van der Waals surface area contributed by atoms with Crippen molar-refractivity contribution in [2.75, 3.05) is 34.9 Å². The highest BCUT2D eigenvalue weighted by atomic mass is 16.9. The fourth-order valence-corrected chi connectivity index (χ4v) is 2.57. The van der Waals surface area contributed by atoms with Crippen LogP contribution in [0.5, 0.6) is 0 Å². The van der Waals surface area contributed by atoms with Crippen molar-refractivity contribution in [3.05, 3.63) is 0 Å². The third kappa shape index (κ3) is 6.70. The van der Waals surface area contributed by atoms with E-state index < -0.39 is 5.97 Å². The van der Waals surface area contributed by atoms with Crippen molar-refractivity contribution >= 4 is 0 Å². The lowest BCUT2D eigenvalue weighted by Gasteiger charge is -2.36. The zero-order valence-corrected chi connectivity index (χ0v) is 13.5. The quantitative estimate of drug-likeness (QED) is 0.414. The van der Waals surface area contributed by atoms with Crippen LogP contribution in [-0.4, -0.2) is 40.9 Å². The second-order valence-electron chi connectivity index (χ2n) is 5.03. The first-order chi connectivity index (χ1) is 9.20. The van der Waals surface area contributed by atoms with E-state index in [1.54, 1.807) is 21.3 Å². The van der Waals surface area contributed by atoms with Crippen LogP contribution < -0.4 is 5.32 Å².